The molecular formula is C38H50BF4NP-. The van der Waals surface area contributed by atoms with Crippen molar-refractivity contribution in [2.24, 2.45) is 0 Å². The van der Waals surface area contributed by atoms with Gasteiger partial charge in [-0.1, -0.05) is 118 Å². The van der Waals surface area contributed by atoms with Gasteiger partial charge in [-0.05, 0) is 89.3 Å². The predicted molar refractivity (Wildman–Crippen MR) is 189 cm³/mol. The Balaban J connectivity index is 0.000000743. The lowest BCUT2D eigenvalue weighted by Gasteiger charge is -2.39. The largest absolute Gasteiger partial charge is 0.673 e. The fourth-order valence-electron chi connectivity index (χ4n) is 7.50. The molecule has 2 fully saturated rings. The van der Waals surface area contributed by atoms with Crippen LogP contribution in [0.3, 0.4) is 0 Å². The number of hydrogen-bond acceptors (Lipinski definition) is 0. The average molecular weight is 639 g/mol. The Bertz CT molecular complexity index is 1500. The van der Waals surface area contributed by atoms with Gasteiger partial charge in [0.2, 0.25) is 0 Å². The van der Waals surface area contributed by atoms with Gasteiger partial charge in [0.1, 0.15) is 0 Å². The molecule has 0 bridgehead atoms. The summed E-state index contributed by atoms with van der Waals surface area (Å²) in [4.78, 5) is 0. The molecule has 0 radical (unpaired) electrons. The first-order valence-corrected chi connectivity index (χ1v) is 18.5. The van der Waals surface area contributed by atoms with E-state index in [0.717, 1.165) is 11.3 Å². The summed E-state index contributed by atoms with van der Waals surface area (Å²) in [6.07, 6.45) is 14.3. The molecule has 0 amide bonds. The van der Waals surface area contributed by atoms with Gasteiger partial charge in [0, 0.05) is 16.1 Å². The molecule has 0 aliphatic heterocycles. The van der Waals surface area contributed by atoms with Crippen LogP contribution in [-0.2, 0) is 10.8 Å². The van der Waals surface area contributed by atoms with Crippen LogP contribution in [-0.4, -0.2) is 23.1 Å². The number of benzene rings is 3. The molecule has 45 heavy (non-hydrogen) atoms. The molecule has 3 aromatic carbocycles. The number of halogens is 4. The summed E-state index contributed by atoms with van der Waals surface area (Å²) in [5.41, 5.74) is 9.04. The molecule has 0 atom stereocenters. The maximum absolute atomic E-state index is 9.75. The smallest absolute Gasteiger partial charge is 0.418 e. The molecule has 0 saturated heterocycles. The second-order valence-corrected chi connectivity index (χ2v) is 18.0. The minimum atomic E-state index is -6.00. The monoisotopic (exact) mass is 638 g/mol. The van der Waals surface area contributed by atoms with E-state index in [0.29, 0.717) is 0 Å². The summed E-state index contributed by atoms with van der Waals surface area (Å²) in [6, 6.07) is 24.2. The van der Waals surface area contributed by atoms with E-state index < -0.39 is 7.25 Å². The lowest BCUT2D eigenvalue weighted by molar-refractivity contribution is 0.368. The second kappa shape index (κ2) is 13.4. The van der Waals surface area contributed by atoms with Crippen LogP contribution in [0, 0.1) is 0 Å². The molecule has 1 aromatic heterocycles. The predicted octanol–water partition coefficient (Wildman–Crippen LogP) is 12.5. The zero-order chi connectivity index (χ0) is 32.6. The average Bonchev–Trinajstić information content (AvgIpc) is 3.30. The van der Waals surface area contributed by atoms with Crippen molar-refractivity contribution in [3.63, 3.8) is 0 Å². The van der Waals surface area contributed by atoms with Crippen LogP contribution in [0.1, 0.15) is 117 Å². The Morgan fingerprint density at radius 2 is 1.00 bits per heavy atom. The number of fused-ring (bicyclic) bond motifs is 3. The fraction of sp³-hybridized carbons (Fsp3) is 0.526. The van der Waals surface area contributed by atoms with Gasteiger partial charge in [0.15, 0.2) is 0 Å². The van der Waals surface area contributed by atoms with E-state index in [1.54, 1.807) is 5.30 Å². The van der Waals surface area contributed by atoms with Gasteiger partial charge < -0.3 is 21.8 Å². The van der Waals surface area contributed by atoms with Crippen molar-refractivity contribution in [1.82, 2.24) is 4.57 Å². The lowest BCUT2D eigenvalue weighted by Crippen LogP contribution is -2.28. The SMILES string of the molecule is CC(C)(C)c1ccc2c(c1)c1cc(C(C)(C)C)ccc1n2-c1ccccc1P(C1CCCCC1)C1CCCCC1.F[B-](F)(F)F. The maximum Gasteiger partial charge on any atom is 0.673 e. The van der Waals surface area contributed by atoms with Crippen molar-refractivity contribution in [1.29, 1.82) is 0 Å². The van der Waals surface area contributed by atoms with Crippen LogP contribution >= 0.6 is 7.92 Å². The van der Waals surface area contributed by atoms with Crippen LogP contribution in [0.15, 0.2) is 60.7 Å². The quantitative estimate of drug-likeness (QED) is 0.119. The Morgan fingerprint density at radius 1 is 0.600 bits per heavy atom. The first-order chi connectivity index (χ1) is 21.1. The number of hydrogen-bond donors (Lipinski definition) is 0. The molecule has 2 saturated carbocycles. The van der Waals surface area contributed by atoms with Crippen molar-refractivity contribution in [3.05, 3.63) is 71.8 Å². The van der Waals surface area contributed by atoms with Crippen LogP contribution in [0.5, 0.6) is 0 Å². The Labute approximate surface area is 269 Å². The van der Waals surface area contributed by atoms with Crippen LogP contribution in [0.25, 0.3) is 27.5 Å². The molecule has 4 aromatic rings. The lowest BCUT2D eigenvalue weighted by atomic mass is 9.85. The maximum atomic E-state index is 9.75. The van der Waals surface area contributed by atoms with Crippen LogP contribution < -0.4 is 5.30 Å². The van der Waals surface area contributed by atoms with Gasteiger partial charge in [-0.3, -0.25) is 0 Å². The molecule has 7 heteroatoms. The van der Waals surface area contributed by atoms with E-state index in [1.807, 2.05) is 0 Å². The van der Waals surface area contributed by atoms with Crippen LogP contribution in [0.2, 0.25) is 0 Å². The highest BCUT2D eigenvalue weighted by molar-refractivity contribution is 7.67. The number of para-hydroxylation sites is 1. The zero-order valence-electron chi connectivity index (χ0n) is 28.0. The summed E-state index contributed by atoms with van der Waals surface area (Å²) in [5.74, 6) is 0. The van der Waals surface area contributed by atoms with Gasteiger partial charge in [0.25, 0.3) is 0 Å². The summed E-state index contributed by atoms with van der Waals surface area (Å²) in [7, 11) is -6.20. The molecule has 1 heterocycles. The van der Waals surface area contributed by atoms with E-state index in [-0.39, 0.29) is 18.8 Å². The molecule has 6 rings (SSSR count). The minimum Gasteiger partial charge on any atom is -0.418 e. The minimum absolute atomic E-state index is 0.123. The van der Waals surface area contributed by atoms with Crippen molar-refractivity contribution in [2.75, 3.05) is 0 Å². The highest BCUT2D eigenvalue weighted by atomic mass is 31.1. The topological polar surface area (TPSA) is 4.93 Å². The third-order valence-electron chi connectivity index (χ3n) is 9.83. The van der Waals surface area contributed by atoms with E-state index >= 15 is 0 Å². The highest BCUT2D eigenvalue weighted by Crippen LogP contribution is 2.56. The van der Waals surface area contributed by atoms with E-state index in [1.165, 1.54) is 103 Å². The van der Waals surface area contributed by atoms with E-state index in [9.17, 15) is 17.3 Å². The Hall–Kier alpha value is -2.33. The summed E-state index contributed by atoms with van der Waals surface area (Å²) in [5, 5.41) is 4.49. The van der Waals surface area contributed by atoms with E-state index in [4.69, 9.17) is 0 Å². The van der Waals surface area contributed by atoms with Gasteiger partial charge in [-0.25, -0.2) is 0 Å². The molecule has 0 N–H and O–H groups in total. The van der Waals surface area contributed by atoms with Gasteiger partial charge in [-0.2, -0.15) is 0 Å². The molecular weight excluding hydrogens is 588 g/mol. The number of nitrogens with zero attached hydrogens (tertiary/aromatic N) is 1. The molecule has 2 aliphatic rings. The van der Waals surface area contributed by atoms with Gasteiger partial charge in [-0.15, -0.1) is 0 Å². The Kier molecular flexibility index (Phi) is 10.1. The number of rotatable bonds is 4. The Morgan fingerprint density at radius 3 is 1.40 bits per heavy atom. The standard InChI is InChI=1S/C38H50NP.BF4/c1-37(2,3)27-21-23-33-31(25-27)32-26-28(38(4,5)6)22-24-34(32)39(33)35-19-13-14-20-36(35)40(29-15-9-7-10-16-29)30-17-11-8-12-18-30;2-1(3,4)5/h13-14,19-26,29-30H,7-12,15-18H2,1-6H3;/q;-1. The summed E-state index contributed by atoms with van der Waals surface area (Å²) < 4.78 is 41.7. The molecule has 0 unspecified atom stereocenters. The van der Waals surface area contributed by atoms with Crippen molar-refractivity contribution < 1.29 is 17.3 Å². The molecule has 244 valence electrons. The third kappa shape index (κ3) is 7.98. The molecule has 0 spiro atoms. The molecule has 2 aliphatic carbocycles. The first-order valence-electron chi connectivity index (χ1n) is 17.0. The van der Waals surface area contributed by atoms with Crippen molar-refractivity contribution >= 4 is 42.3 Å². The second-order valence-electron chi connectivity index (χ2n) is 15.3. The summed E-state index contributed by atoms with van der Waals surface area (Å²) >= 11 is 0. The summed E-state index contributed by atoms with van der Waals surface area (Å²) in [6.45, 7) is 14.0. The normalized spacial score (nSPS) is 17.6. The fourth-order valence-corrected chi connectivity index (χ4v) is 11.4. The molecule has 1 nitrogen and oxygen atoms in total. The van der Waals surface area contributed by atoms with Crippen molar-refractivity contribution in [2.45, 2.75) is 128 Å². The van der Waals surface area contributed by atoms with Gasteiger partial charge in [0.05, 0.1) is 16.7 Å². The van der Waals surface area contributed by atoms with Crippen LogP contribution in [0.4, 0.5) is 17.3 Å². The van der Waals surface area contributed by atoms with Gasteiger partial charge >= 0.3 is 7.25 Å². The van der Waals surface area contributed by atoms with E-state index in [2.05, 4.69) is 107 Å². The highest BCUT2D eigenvalue weighted by Gasteiger charge is 2.34. The number of aromatic nitrogens is 1. The third-order valence-corrected chi connectivity index (χ3v) is 13.4. The first kappa shape index (κ1) is 34.0. The zero-order valence-corrected chi connectivity index (χ0v) is 28.9. The van der Waals surface area contributed by atoms with Crippen molar-refractivity contribution in [3.8, 4) is 5.69 Å².